The van der Waals surface area contributed by atoms with Crippen molar-refractivity contribution in [2.75, 3.05) is 13.2 Å². The molecule has 0 atom stereocenters. The number of benzene rings is 1. The van der Waals surface area contributed by atoms with Crippen molar-refractivity contribution in [1.29, 1.82) is 0 Å². The standard InChI is InChI=1S/C16H20O2/c1-10-6-14-12(3)4-5-13(15(14)7-10)16-17-8-11(2)9-18-16/h4-6,11,16H,7-9H2,1-3H3. The molecule has 0 bridgehead atoms. The van der Waals surface area contributed by atoms with Crippen molar-refractivity contribution in [2.24, 2.45) is 5.92 Å². The summed E-state index contributed by atoms with van der Waals surface area (Å²) in [6.45, 7) is 8.09. The van der Waals surface area contributed by atoms with Crippen molar-refractivity contribution in [1.82, 2.24) is 0 Å². The third-order valence-electron chi connectivity index (χ3n) is 3.78. The molecular formula is C16H20O2. The second kappa shape index (κ2) is 4.52. The van der Waals surface area contributed by atoms with Gasteiger partial charge in [-0.1, -0.05) is 30.7 Å². The molecule has 0 saturated carbocycles. The van der Waals surface area contributed by atoms with E-state index in [1.165, 1.54) is 27.8 Å². The SMILES string of the molecule is CC1=Cc2c(C)ccc(C3OCC(C)CO3)c2C1. The van der Waals surface area contributed by atoms with Crippen LogP contribution in [-0.2, 0) is 15.9 Å². The molecule has 1 saturated heterocycles. The van der Waals surface area contributed by atoms with Crippen molar-refractivity contribution in [3.8, 4) is 0 Å². The Labute approximate surface area is 109 Å². The molecule has 0 aromatic heterocycles. The van der Waals surface area contributed by atoms with Gasteiger partial charge in [0.1, 0.15) is 0 Å². The zero-order chi connectivity index (χ0) is 12.7. The smallest absolute Gasteiger partial charge is 0.184 e. The lowest BCUT2D eigenvalue weighted by molar-refractivity contribution is -0.202. The predicted octanol–water partition coefficient (Wildman–Crippen LogP) is 3.64. The van der Waals surface area contributed by atoms with Gasteiger partial charge in [-0.05, 0) is 37.0 Å². The summed E-state index contributed by atoms with van der Waals surface area (Å²) in [5.41, 5.74) is 6.75. The summed E-state index contributed by atoms with van der Waals surface area (Å²) in [5.74, 6) is 0.500. The summed E-state index contributed by atoms with van der Waals surface area (Å²) in [4.78, 5) is 0. The second-order valence-corrected chi connectivity index (χ2v) is 5.64. The maximum Gasteiger partial charge on any atom is 0.184 e. The van der Waals surface area contributed by atoms with Crippen LogP contribution in [0.25, 0.3) is 6.08 Å². The number of ether oxygens (including phenoxy) is 2. The molecule has 2 nitrogen and oxygen atoms in total. The van der Waals surface area contributed by atoms with E-state index < -0.39 is 0 Å². The summed E-state index contributed by atoms with van der Waals surface area (Å²) in [6, 6.07) is 4.34. The number of allylic oxidation sites excluding steroid dienone is 1. The lowest BCUT2D eigenvalue weighted by Gasteiger charge is -2.29. The molecule has 2 aliphatic rings. The highest BCUT2D eigenvalue weighted by atomic mass is 16.7. The van der Waals surface area contributed by atoms with Crippen LogP contribution in [-0.4, -0.2) is 13.2 Å². The van der Waals surface area contributed by atoms with Crippen LogP contribution in [0.4, 0.5) is 0 Å². The lowest BCUT2D eigenvalue weighted by atomic mass is 9.97. The first-order valence-electron chi connectivity index (χ1n) is 6.68. The maximum absolute atomic E-state index is 5.83. The number of fused-ring (bicyclic) bond motifs is 1. The van der Waals surface area contributed by atoms with E-state index in [-0.39, 0.29) is 6.29 Å². The quantitative estimate of drug-likeness (QED) is 0.751. The number of aryl methyl sites for hydroxylation is 1. The topological polar surface area (TPSA) is 18.5 Å². The predicted molar refractivity (Wildman–Crippen MR) is 72.3 cm³/mol. The van der Waals surface area contributed by atoms with Crippen molar-refractivity contribution in [2.45, 2.75) is 33.5 Å². The van der Waals surface area contributed by atoms with E-state index in [0.717, 1.165) is 19.6 Å². The van der Waals surface area contributed by atoms with Gasteiger partial charge in [-0.2, -0.15) is 0 Å². The molecule has 0 radical (unpaired) electrons. The Hall–Kier alpha value is -1.12. The van der Waals surface area contributed by atoms with E-state index >= 15 is 0 Å². The molecule has 18 heavy (non-hydrogen) atoms. The van der Waals surface area contributed by atoms with Crippen LogP contribution < -0.4 is 0 Å². The Balaban J connectivity index is 1.94. The minimum Gasteiger partial charge on any atom is -0.348 e. The summed E-state index contributed by atoms with van der Waals surface area (Å²) >= 11 is 0. The highest BCUT2D eigenvalue weighted by Gasteiger charge is 2.26. The van der Waals surface area contributed by atoms with Crippen LogP contribution in [0.2, 0.25) is 0 Å². The normalized spacial score (nSPS) is 26.9. The highest BCUT2D eigenvalue weighted by Crippen LogP contribution is 2.36. The van der Waals surface area contributed by atoms with Gasteiger partial charge in [-0.3, -0.25) is 0 Å². The molecule has 0 spiro atoms. The van der Waals surface area contributed by atoms with E-state index in [1.54, 1.807) is 0 Å². The molecule has 1 aromatic carbocycles. The van der Waals surface area contributed by atoms with Gasteiger partial charge in [0.05, 0.1) is 13.2 Å². The fourth-order valence-corrected chi connectivity index (χ4v) is 2.77. The Bertz CT molecular complexity index is 494. The zero-order valence-corrected chi connectivity index (χ0v) is 11.3. The van der Waals surface area contributed by atoms with Gasteiger partial charge in [-0.25, -0.2) is 0 Å². The third-order valence-corrected chi connectivity index (χ3v) is 3.78. The first-order valence-corrected chi connectivity index (χ1v) is 6.68. The number of hydrogen-bond acceptors (Lipinski definition) is 2. The largest absolute Gasteiger partial charge is 0.348 e. The van der Waals surface area contributed by atoms with Gasteiger partial charge in [0.25, 0.3) is 0 Å². The molecule has 3 rings (SSSR count). The molecule has 2 heteroatoms. The monoisotopic (exact) mass is 244 g/mol. The van der Waals surface area contributed by atoms with Crippen LogP contribution in [0.1, 0.15) is 42.4 Å². The van der Waals surface area contributed by atoms with Crippen molar-refractivity contribution < 1.29 is 9.47 Å². The molecule has 1 aliphatic heterocycles. The van der Waals surface area contributed by atoms with Crippen LogP contribution >= 0.6 is 0 Å². The average Bonchev–Trinajstić information content (AvgIpc) is 2.74. The van der Waals surface area contributed by atoms with Gasteiger partial charge < -0.3 is 9.47 Å². The molecule has 0 N–H and O–H groups in total. The van der Waals surface area contributed by atoms with Gasteiger partial charge >= 0.3 is 0 Å². The summed E-state index contributed by atoms with van der Waals surface area (Å²) in [7, 11) is 0. The van der Waals surface area contributed by atoms with E-state index in [4.69, 9.17) is 9.47 Å². The van der Waals surface area contributed by atoms with E-state index in [2.05, 4.69) is 39.0 Å². The maximum atomic E-state index is 5.83. The average molecular weight is 244 g/mol. The van der Waals surface area contributed by atoms with Crippen molar-refractivity contribution in [3.05, 3.63) is 40.0 Å². The molecule has 0 amide bonds. The zero-order valence-electron chi connectivity index (χ0n) is 11.3. The van der Waals surface area contributed by atoms with Gasteiger partial charge in [0.2, 0.25) is 0 Å². The molecule has 1 aromatic rings. The van der Waals surface area contributed by atoms with Crippen LogP contribution in [0.15, 0.2) is 17.7 Å². The third kappa shape index (κ3) is 2.00. The van der Waals surface area contributed by atoms with E-state index in [9.17, 15) is 0 Å². The van der Waals surface area contributed by atoms with E-state index in [0.29, 0.717) is 5.92 Å². The number of rotatable bonds is 1. The minimum absolute atomic E-state index is 0.171. The van der Waals surface area contributed by atoms with Crippen LogP contribution in [0.3, 0.4) is 0 Å². The van der Waals surface area contributed by atoms with Gasteiger partial charge in [0.15, 0.2) is 6.29 Å². The van der Waals surface area contributed by atoms with E-state index in [1.807, 2.05) is 0 Å². The summed E-state index contributed by atoms with van der Waals surface area (Å²) < 4.78 is 11.7. The lowest BCUT2D eigenvalue weighted by Crippen LogP contribution is -2.25. The molecule has 1 aliphatic carbocycles. The fraction of sp³-hybridized carbons (Fsp3) is 0.500. The Kier molecular flexibility index (Phi) is 3.00. The molecular weight excluding hydrogens is 224 g/mol. The molecule has 1 heterocycles. The number of hydrogen-bond donors (Lipinski definition) is 0. The van der Waals surface area contributed by atoms with Gasteiger partial charge in [-0.15, -0.1) is 0 Å². The minimum atomic E-state index is -0.171. The van der Waals surface area contributed by atoms with Crippen molar-refractivity contribution in [3.63, 3.8) is 0 Å². The highest BCUT2D eigenvalue weighted by molar-refractivity contribution is 5.68. The Morgan fingerprint density at radius 2 is 1.83 bits per heavy atom. The summed E-state index contributed by atoms with van der Waals surface area (Å²) in [5, 5.41) is 0. The summed E-state index contributed by atoms with van der Waals surface area (Å²) in [6.07, 6.45) is 3.15. The van der Waals surface area contributed by atoms with Crippen LogP contribution in [0.5, 0.6) is 0 Å². The first-order chi connectivity index (χ1) is 8.65. The van der Waals surface area contributed by atoms with Gasteiger partial charge in [0, 0.05) is 11.5 Å². The molecule has 0 unspecified atom stereocenters. The van der Waals surface area contributed by atoms with Crippen molar-refractivity contribution >= 4 is 6.08 Å². The fourth-order valence-electron chi connectivity index (χ4n) is 2.77. The Morgan fingerprint density at radius 1 is 1.11 bits per heavy atom. The first kappa shape index (κ1) is 11.9. The molecule has 1 fully saturated rings. The van der Waals surface area contributed by atoms with Crippen LogP contribution in [0, 0.1) is 12.8 Å². The molecule has 96 valence electrons. The Morgan fingerprint density at radius 3 is 2.56 bits per heavy atom. The second-order valence-electron chi connectivity index (χ2n) is 5.64.